The molecule has 0 fully saturated rings. The molecule has 0 saturated heterocycles. The number of benzene rings is 1. The van der Waals surface area contributed by atoms with E-state index in [1.807, 2.05) is 47.9 Å². The number of carbonyl (C=O) groups is 1. The third-order valence-electron chi connectivity index (χ3n) is 4.90. The lowest BCUT2D eigenvalue weighted by Crippen LogP contribution is -2.39. The van der Waals surface area contributed by atoms with E-state index in [2.05, 4.69) is 11.6 Å². The molecule has 4 rings (SSSR count). The Labute approximate surface area is 193 Å². The molecule has 0 amide bonds. The Morgan fingerprint density at radius 1 is 1.28 bits per heavy atom. The van der Waals surface area contributed by atoms with Crippen molar-refractivity contribution in [2.24, 2.45) is 4.99 Å². The Bertz CT molecular complexity index is 1350. The van der Waals surface area contributed by atoms with Crippen LogP contribution in [0.3, 0.4) is 0 Å². The number of esters is 1. The molecule has 0 bridgehead atoms. The van der Waals surface area contributed by atoms with Crippen molar-refractivity contribution in [1.82, 2.24) is 4.57 Å². The van der Waals surface area contributed by atoms with E-state index < -0.39 is 12.0 Å². The normalized spacial score (nSPS) is 15.8. The second kappa shape index (κ2) is 9.50. The summed E-state index contributed by atoms with van der Waals surface area (Å²) in [6.45, 7) is 7.81. The fraction of sp³-hybridized carbons (Fsp3) is 0.208. The molecule has 1 aliphatic rings. The fourth-order valence-corrected chi connectivity index (χ4v) is 5.28. The summed E-state index contributed by atoms with van der Waals surface area (Å²) in [4.78, 5) is 32.5. The first kappa shape index (κ1) is 22.0. The number of rotatable bonds is 7. The smallest absolute Gasteiger partial charge is 0.338 e. The first-order valence-corrected chi connectivity index (χ1v) is 11.8. The van der Waals surface area contributed by atoms with Crippen LogP contribution in [0.15, 0.2) is 75.5 Å². The van der Waals surface area contributed by atoms with Gasteiger partial charge in [0.2, 0.25) is 0 Å². The number of fused-ring (bicyclic) bond motifs is 1. The number of carbonyl (C=O) groups excluding carboxylic acids is 1. The van der Waals surface area contributed by atoms with Crippen LogP contribution < -0.4 is 19.6 Å². The van der Waals surface area contributed by atoms with Crippen LogP contribution in [0, 0.1) is 0 Å². The number of hydrogen-bond donors (Lipinski definition) is 0. The number of ether oxygens (including phenoxy) is 2. The van der Waals surface area contributed by atoms with Gasteiger partial charge in [-0.2, -0.15) is 0 Å². The molecule has 1 aliphatic heterocycles. The molecule has 3 heterocycles. The minimum Gasteiger partial charge on any atom is -0.490 e. The van der Waals surface area contributed by atoms with Gasteiger partial charge < -0.3 is 9.47 Å². The molecular weight excluding hydrogens is 444 g/mol. The van der Waals surface area contributed by atoms with E-state index >= 15 is 0 Å². The maximum Gasteiger partial charge on any atom is 0.338 e. The van der Waals surface area contributed by atoms with Crippen LogP contribution in [0.2, 0.25) is 0 Å². The van der Waals surface area contributed by atoms with Crippen molar-refractivity contribution in [2.45, 2.75) is 19.9 Å². The second-order valence-corrected chi connectivity index (χ2v) is 8.97. The molecule has 3 aromatic rings. The summed E-state index contributed by atoms with van der Waals surface area (Å²) in [7, 11) is 0. The quantitative estimate of drug-likeness (QED) is 0.395. The van der Waals surface area contributed by atoms with Crippen molar-refractivity contribution >= 4 is 34.7 Å². The van der Waals surface area contributed by atoms with E-state index in [4.69, 9.17) is 9.47 Å². The average Bonchev–Trinajstić information content (AvgIpc) is 3.40. The SMILES string of the molecule is C=CCOc1ccc([C@@H]2C(C(=O)OCC)=C(C)N=c3sc(=Cc4cccs4)c(=O)n32)cc1. The van der Waals surface area contributed by atoms with Gasteiger partial charge in [-0.15, -0.1) is 11.3 Å². The van der Waals surface area contributed by atoms with E-state index in [9.17, 15) is 9.59 Å². The zero-order valence-corrected chi connectivity index (χ0v) is 19.4. The van der Waals surface area contributed by atoms with E-state index in [-0.39, 0.29) is 12.2 Å². The summed E-state index contributed by atoms with van der Waals surface area (Å²) in [5, 5.41) is 1.96. The van der Waals surface area contributed by atoms with Gasteiger partial charge in [0.05, 0.1) is 28.5 Å². The molecule has 1 atom stereocenters. The average molecular weight is 467 g/mol. The van der Waals surface area contributed by atoms with Crippen molar-refractivity contribution in [2.75, 3.05) is 13.2 Å². The van der Waals surface area contributed by atoms with E-state index in [0.717, 1.165) is 10.4 Å². The van der Waals surface area contributed by atoms with Crippen LogP contribution in [-0.2, 0) is 9.53 Å². The third-order valence-corrected chi connectivity index (χ3v) is 6.70. The molecule has 8 heteroatoms. The third kappa shape index (κ3) is 4.24. The maximum absolute atomic E-state index is 13.4. The van der Waals surface area contributed by atoms with E-state index in [1.54, 1.807) is 35.8 Å². The zero-order chi connectivity index (χ0) is 22.7. The number of aromatic nitrogens is 1. The molecule has 164 valence electrons. The molecule has 32 heavy (non-hydrogen) atoms. The molecule has 0 radical (unpaired) electrons. The highest BCUT2D eigenvalue weighted by molar-refractivity contribution is 7.11. The van der Waals surface area contributed by atoms with Crippen LogP contribution in [-0.4, -0.2) is 23.8 Å². The Hall–Kier alpha value is -3.23. The predicted molar refractivity (Wildman–Crippen MR) is 127 cm³/mol. The second-order valence-electron chi connectivity index (χ2n) is 6.99. The molecule has 0 N–H and O–H groups in total. The summed E-state index contributed by atoms with van der Waals surface area (Å²) in [5.74, 6) is 0.204. The number of nitrogens with zero attached hydrogens (tertiary/aromatic N) is 2. The van der Waals surface area contributed by atoms with Gasteiger partial charge in [-0.1, -0.05) is 42.2 Å². The van der Waals surface area contributed by atoms with Crippen molar-refractivity contribution in [3.8, 4) is 5.75 Å². The van der Waals surface area contributed by atoms with Gasteiger partial charge in [-0.3, -0.25) is 9.36 Å². The van der Waals surface area contributed by atoms with Crippen LogP contribution in [0.25, 0.3) is 6.08 Å². The summed E-state index contributed by atoms with van der Waals surface area (Å²) < 4.78 is 13.0. The fourth-order valence-electron chi connectivity index (χ4n) is 3.51. The molecule has 0 saturated carbocycles. The highest BCUT2D eigenvalue weighted by atomic mass is 32.1. The van der Waals surface area contributed by atoms with Crippen LogP contribution in [0.1, 0.15) is 30.3 Å². The van der Waals surface area contributed by atoms with Crippen LogP contribution in [0.5, 0.6) is 5.75 Å². The van der Waals surface area contributed by atoms with Crippen LogP contribution >= 0.6 is 22.7 Å². The molecule has 2 aromatic heterocycles. The Kier molecular flexibility index (Phi) is 6.53. The topological polar surface area (TPSA) is 69.9 Å². The maximum atomic E-state index is 13.4. The summed E-state index contributed by atoms with van der Waals surface area (Å²) >= 11 is 2.87. The molecule has 0 spiro atoms. The Morgan fingerprint density at radius 3 is 2.72 bits per heavy atom. The van der Waals surface area contributed by atoms with Crippen LogP contribution in [0.4, 0.5) is 0 Å². The molecule has 1 aromatic carbocycles. The minimum absolute atomic E-state index is 0.187. The van der Waals surface area contributed by atoms with Gasteiger partial charge in [0.1, 0.15) is 12.4 Å². The minimum atomic E-state index is -0.635. The van der Waals surface area contributed by atoms with Gasteiger partial charge in [0.25, 0.3) is 5.56 Å². The summed E-state index contributed by atoms with van der Waals surface area (Å²) in [6.07, 6.45) is 3.53. The molecule has 0 aliphatic carbocycles. The lowest BCUT2D eigenvalue weighted by molar-refractivity contribution is -0.139. The highest BCUT2D eigenvalue weighted by Crippen LogP contribution is 2.31. The molecule has 0 unspecified atom stereocenters. The van der Waals surface area contributed by atoms with Gasteiger partial charge in [-0.05, 0) is 49.1 Å². The highest BCUT2D eigenvalue weighted by Gasteiger charge is 2.33. The van der Waals surface area contributed by atoms with E-state index in [0.29, 0.717) is 33.0 Å². The number of allylic oxidation sites excluding steroid dienone is 1. The lowest BCUT2D eigenvalue weighted by Gasteiger charge is -2.24. The van der Waals surface area contributed by atoms with Crippen molar-refractivity contribution in [1.29, 1.82) is 0 Å². The summed E-state index contributed by atoms with van der Waals surface area (Å²) in [6, 6.07) is 10.6. The van der Waals surface area contributed by atoms with Crippen molar-refractivity contribution < 1.29 is 14.3 Å². The number of hydrogen-bond acceptors (Lipinski definition) is 7. The first-order chi connectivity index (χ1) is 15.5. The number of thiazole rings is 1. The largest absolute Gasteiger partial charge is 0.490 e. The standard InChI is InChI=1S/C24H22N2O4S2/c1-4-12-30-17-10-8-16(9-11-17)21-20(23(28)29-5-2)15(3)25-24-26(21)22(27)19(32-24)14-18-7-6-13-31-18/h4,6-11,13-14,21H,1,5,12H2,2-3H3/t21-/m1/s1. The Balaban J connectivity index is 1.88. The lowest BCUT2D eigenvalue weighted by atomic mass is 9.96. The molecule has 6 nitrogen and oxygen atoms in total. The predicted octanol–water partition coefficient (Wildman–Crippen LogP) is 3.42. The molecular formula is C24H22N2O4S2. The van der Waals surface area contributed by atoms with E-state index in [1.165, 1.54) is 11.3 Å². The van der Waals surface area contributed by atoms with Gasteiger partial charge >= 0.3 is 5.97 Å². The first-order valence-electron chi connectivity index (χ1n) is 10.1. The van der Waals surface area contributed by atoms with Crippen molar-refractivity contribution in [3.63, 3.8) is 0 Å². The summed E-state index contributed by atoms with van der Waals surface area (Å²) in [5.41, 5.74) is 1.50. The zero-order valence-electron chi connectivity index (χ0n) is 17.7. The Morgan fingerprint density at radius 2 is 2.06 bits per heavy atom. The van der Waals surface area contributed by atoms with Crippen molar-refractivity contribution in [3.05, 3.63) is 95.8 Å². The van der Waals surface area contributed by atoms with Gasteiger partial charge in [-0.25, -0.2) is 9.79 Å². The number of thiophene rings is 1. The van der Waals surface area contributed by atoms with Gasteiger partial charge in [0, 0.05) is 4.88 Å². The van der Waals surface area contributed by atoms with Gasteiger partial charge in [0.15, 0.2) is 4.80 Å². The monoisotopic (exact) mass is 466 g/mol.